The Kier molecular flexibility index (Phi) is 4.31. The molecule has 0 fully saturated rings. The quantitative estimate of drug-likeness (QED) is 0.479. The van der Waals surface area contributed by atoms with Crippen LogP contribution in [-0.4, -0.2) is 29.3 Å². The van der Waals surface area contributed by atoms with Gasteiger partial charge in [0.05, 0.1) is 4.92 Å². The van der Waals surface area contributed by atoms with Crippen LogP contribution in [0.15, 0.2) is 24.3 Å². The largest absolute Gasteiger partial charge is 0.338 e. The smallest absolute Gasteiger partial charge is 0.305 e. The molecule has 0 aliphatic rings. The molecule has 0 heterocycles. The number of amides is 1. The Labute approximate surface area is 108 Å². The minimum Gasteiger partial charge on any atom is -0.338 e. The van der Waals surface area contributed by atoms with E-state index in [9.17, 15) is 23.7 Å². The molecule has 0 unspecified atom stereocenters. The van der Waals surface area contributed by atoms with Gasteiger partial charge in [0.15, 0.2) is 0 Å². The molecule has 0 saturated carbocycles. The summed E-state index contributed by atoms with van der Waals surface area (Å²) >= 11 is 0. The van der Waals surface area contributed by atoms with Crippen LogP contribution in [0.5, 0.6) is 0 Å². The van der Waals surface area contributed by atoms with Gasteiger partial charge >= 0.3 is 5.69 Å². The summed E-state index contributed by atoms with van der Waals surface area (Å²) in [5.41, 5.74) is -1.26. The lowest BCUT2D eigenvalue weighted by Crippen LogP contribution is -2.30. The molecule has 0 N–H and O–H groups in total. The van der Waals surface area contributed by atoms with Crippen molar-refractivity contribution in [3.05, 3.63) is 51.6 Å². The maximum atomic E-state index is 13.8. The van der Waals surface area contributed by atoms with Gasteiger partial charge in [-0.3, -0.25) is 14.9 Å². The van der Waals surface area contributed by atoms with Crippen molar-refractivity contribution in [2.24, 2.45) is 0 Å². The summed E-state index contributed by atoms with van der Waals surface area (Å²) in [6.45, 7) is 5.31. The van der Waals surface area contributed by atoms with Crippen molar-refractivity contribution < 1.29 is 18.5 Å². The standard InChI is InChI=1S/C12H12F2N2O3/c1-7(2)6-15(3)12(17)10-8(13)4-5-9(11(10)14)16(18)19/h4-5H,1,6H2,2-3H3. The monoisotopic (exact) mass is 270 g/mol. The van der Waals surface area contributed by atoms with Gasteiger partial charge in [-0.2, -0.15) is 4.39 Å². The first-order chi connectivity index (χ1) is 8.75. The van der Waals surface area contributed by atoms with Crippen LogP contribution in [0.4, 0.5) is 14.5 Å². The molecular weight excluding hydrogens is 258 g/mol. The number of carbonyl (C=O) groups excluding carboxylic acids is 1. The molecule has 0 bridgehead atoms. The number of hydrogen-bond donors (Lipinski definition) is 0. The molecule has 1 amide bonds. The lowest BCUT2D eigenvalue weighted by molar-refractivity contribution is -0.387. The van der Waals surface area contributed by atoms with E-state index < -0.39 is 33.7 Å². The highest BCUT2D eigenvalue weighted by atomic mass is 19.1. The van der Waals surface area contributed by atoms with Gasteiger partial charge in [-0.1, -0.05) is 12.2 Å². The number of nitrogens with zero attached hydrogens (tertiary/aromatic N) is 2. The lowest BCUT2D eigenvalue weighted by Gasteiger charge is -2.17. The first-order valence-electron chi connectivity index (χ1n) is 5.28. The van der Waals surface area contributed by atoms with Crippen LogP contribution in [-0.2, 0) is 0 Å². The van der Waals surface area contributed by atoms with Gasteiger partial charge in [-0.25, -0.2) is 4.39 Å². The number of halogens is 2. The van der Waals surface area contributed by atoms with E-state index in [1.165, 1.54) is 7.05 Å². The summed E-state index contributed by atoms with van der Waals surface area (Å²) < 4.78 is 27.3. The van der Waals surface area contributed by atoms with Gasteiger partial charge in [0, 0.05) is 19.7 Å². The summed E-state index contributed by atoms with van der Waals surface area (Å²) in [4.78, 5) is 22.5. The molecule has 0 radical (unpaired) electrons. The number of hydrogen-bond acceptors (Lipinski definition) is 3. The molecule has 1 aromatic rings. The molecule has 102 valence electrons. The van der Waals surface area contributed by atoms with E-state index in [1.807, 2.05) is 0 Å². The van der Waals surface area contributed by atoms with Crippen molar-refractivity contribution in [1.82, 2.24) is 4.90 Å². The molecule has 5 nitrogen and oxygen atoms in total. The third-order valence-corrected chi connectivity index (χ3v) is 2.34. The Hall–Kier alpha value is -2.31. The summed E-state index contributed by atoms with van der Waals surface area (Å²) in [6, 6.07) is 1.38. The van der Waals surface area contributed by atoms with Crippen molar-refractivity contribution in [2.45, 2.75) is 6.92 Å². The van der Waals surface area contributed by atoms with E-state index in [4.69, 9.17) is 0 Å². The van der Waals surface area contributed by atoms with Crippen LogP contribution >= 0.6 is 0 Å². The number of benzene rings is 1. The highest BCUT2D eigenvalue weighted by Gasteiger charge is 2.27. The van der Waals surface area contributed by atoms with Crippen LogP contribution in [0.3, 0.4) is 0 Å². The third-order valence-electron chi connectivity index (χ3n) is 2.34. The van der Waals surface area contributed by atoms with Gasteiger partial charge in [0.25, 0.3) is 5.91 Å². The summed E-state index contributed by atoms with van der Waals surface area (Å²) in [6.07, 6.45) is 0. The molecule has 0 spiro atoms. The number of nitro benzene ring substituents is 1. The summed E-state index contributed by atoms with van der Waals surface area (Å²) in [5, 5.41) is 10.6. The molecule has 0 saturated heterocycles. The Morgan fingerprint density at radius 1 is 1.47 bits per heavy atom. The van der Waals surface area contributed by atoms with Gasteiger partial charge in [0.2, 0.25) is 5.82 Å². The minimum absolute atomic E-state index is 0.0976. The van der Waals surface area contributed by atoms with Crippen LogP contribution in [0.2, 0.25) is 0 Å². The Bertz CT molecular complexity index is 558. The van der Waals surface area contributed by atoms with Crippen molar-refractivity contribution in [1.29, 1.82) is 0 Å². The minimum atomic E-state index is -1.47. The van der Waals surface area contributed by atoms with Crippen LogP contribution in [0, 0.1) is 21.7 Å². The number of nitro groups is 1. The van der Waals surface area contributed by atoms with Crippen molar-refractivity contribution in [3.8, 4) is 0 Å². The fraction of sp³-hybridized carbons (Fsp3) is 0.250. The van der Waals surface area contributed by atoms with E-state index in [0.29, 0.717) is 17.7 Å². The first-order valence-corrected chi connectivity index (χ1v) is 5.28. The fourth-order valence-corrected chi connectivity index (χ4v) is 1.55. The molecule has 0 aromatic heterocycles. The average Bonchev–Trinajstić information content (AvgIpc) is 2.27. The van der Waals surface area contributed by atoms with E-state index in [0.717, 1.165) is 4.90 Å². The second-order valence-electron chi connectivity index (χ2n) is 4.13. The number of carbonyl (C=O) groups is 1. The summed E-state index contributed by atoms with van der Waals surface area (Å²) in [7, 11) is 1.33. The van der Waals surface area contributed by atoms with Crippen LogP contribution in [0.25, 0.3) is 0 Å². The van der Waals surface area contributed by atoms with Crippen LogP contribution < -0.4 is 0 Å². The number of likely N-dealkylation sites (N-methyl/N-ethyl adjacent to an activating group) is 1. The maximum absolute atomic E-state index is 13.8. The van der Waals surface area contributed by atoms with E-state index in [1.54, 1.807) is 6.92 Å². The molecule has 0 atom stereocenters. The van der Waals surface area contributed by atoms with E-state index >= 15 is 0 Å². The van der Waals surface area contributed by atoms with Gasteiger partial charge < -0.3 is 4.90 Å². The summed E-state index contributed by atoms with van der Waals surface area (Å²) in [5.74, 6) is -3.58. The fourth-order valence-electron chi connectivity index (χ4n) is 1.55. The highest BCUT2D eigenvalue weighted by molar-refractivity contribution is 5.95. The second kappa shape index (κ2) is 5.55. The second-order valence-corrected chi connectivity index (χ2v) is 4.13. The highest BCUT2D eigenvalue weighted by Crippen LogP contribution is 2.24. The Balaban J connectivity index is 3.26. The molecule has 0 aliphatic carbocycles. The van der Waals surface area contributed by atoms with Gasteiger partial charge in [0.1, 0.15) is 11.4 Å². The van der Waals surface area contributed by atoms with Gasteiger partial charge in [-0.15, -0.1) is 0 Å². The normalized spacial score (nSPS) is 10.1. The van der Waals surface area contributed by atoms with Gasteiger partial charge in [-0.05, 0) is 13.0 Å². The molecule has 7 heteroatoms. The van der Waals surface area contributed by atoms with E-state index in [2.05, 4.69) is 6.58 Å². The maximum Gasteiger partial charge on any atom is 0.305 e. The predicted octanol–water partition coefficient (Wildman–Crippen LogP) is 2.52. The van der Waals surface area contributed by atoms with Crippen molar-refractivity contribution in [2.75, 3.05) is 13.6 Å². The topological polar surface area (TPSA) is 63.5 Å². The SMILES string of the molecule is C=C(C)CN(C)C(=O)c1c(F)ccc([N+](=O)[O-])c1F. The first kappa shape index (κ1) is 14.7. The lowest BCUT2D eigenvalue weighted by atomic mass is 10.1. The molecule has 19 heavy (non-hydrogen) atoms. The molecular formula is C12H12F2N2O3. The molecule has 1 aromatic carbocycles. The zero-order valence-electron chi connectivity index (χ0n) is 10.4. The molecule has 0 aliphatic heterocycles. The predicted molar refractivity (Wildman–Crippen MR) is 64.8 cm³/mol. The zero-order valence-corrected chi connectivity index (χ0v) is 10.4. The zero-order chi connectivity index (χ0) is 14.7. The third kappa shape index (κ3) is 3.12. The number of rotatable bonds is 4. The van der Waals surface area contributed by atoms with Crippen molar-refractivity contribution in [3.63, 3.8) is 0 Å². The Morgan fingerprint density at radius 3 is 2.53 bits per heavy atom. The Morgan fingerprint density at radius 2 is 2.05 bits per heavy atom. The average molecular weight is 270 g/mol. The van der Waals surface area contributed by atoms with Crippen LogP contribution in [0.1, 0.15) is 17.3 Å². The van der Waals surface area contributed by atoms with Crippen molar-refractivity contribution >= 4 is 11.6 Å². The van der Waals surface area contributed by atoms with E-state index in [-0.39, 0.29) is 6.54 Å². The molecule has 1 rings (SSSR count).